The lowest BCUT2D eigenvalue weighted by atomic mass is 9.87. The van der Waals surface area contributed by atoms with Crippen LogP contribution >= 0.6 is 23.2 Å². The van der Waals surface area contributed by atoms with E-state index in [0.717, 1.165) is 28.7 Å². The fraction of sp³-hybridized carbons (Fsp3) is 0.208. The summed E-state index contributed by atoms with van der Waals surface area (Å²) in [5.74, 6) is -0.560. The third-order valence-corrected chi connectivity index (χ3v) is 6.95. The first kappa shape index (κ1) is 23.6. The quantitative estimate of drug-likeness (QED) is 0.376. The number of nitrogens with zero attached hydrogens (tertiary/aromatic N) is 1. The van der Waals surface area contributed by atoms with Crippen LogP contribution in [0.25, 0.3) is 11.1 Å². The minimum atomic E-state index is -2.28. The van der Waals surface area contributed by atoms with Crippen LogP contribution in [-0.4, -0.2) is 26.4 Å². The highest BCUT2D eigenvalue weighted by atomic mass is 35.5. The normalized spacial score (nSPS) is 16.0. The molecule has 0 radical (unpaired) electrons. The van der Waals surface area contributed by atoms with E-state index in [1.165, 1.54) is 4.31 Å². The minimum absolute atomic E-state index is 0.363. The van der Waals surface area contributed by atoms with E-state index in [-0.39, 0.29) is 6.04 Å². The number of ether oxygens (including phenoxy) is 1. The van der Waals surface area contributed by atoms with E-state index in [4.69, 9.17) is 33.0 Å². The van der Waals surface area contributed by atoms with Crippen molar-refractivity contribution in [1.29, 1.82) is 0 Å². The van der Waals surface area contributed by atoms with Crippen molar-refractivity contribution < 1.29 is 23.4 Å². The number of benzene rings is 3. The number of fused-ring (bicyclic) bond motifs is 1. The zero-order chi connectivity index (χ0) is 23.5. The van der Waals surface area contributed by atoms with Gasteiger partial charge in [-0.15, -0.1) is 0 Å². The van der Waals surface area contributed by atoms with Gasteiger partial charge in [0.05, 0.1) is 11.7 Å². The zero-order valence-corrected chi connectivity index (χ0v) is 19.7. The average molecular weight is 506 g/mol. The summed E-state index contributed by atoms with van der Waals surface area (Å²) >= 11 is 10.0. The Morgan fingerprint density at radius 1 is 1.12 bits per heavy atom. The summed E-state index contributed by atoms with van der Waals surface area (Å²) in [7, 11) is 0. The van der Waals surface area contributed by atoms with Crippen LogP contribution in [0.2, 0.25) is 10.0 Å². The van der Waals surface area contributed by atoms with Crippen molar-refractivity contribution in [2.75, 3.05) is 10.9 Å². The van der Waals surface area contributed by atoms with Gasteiger partial charge in [0.1, 0.15) is 5.75 Å². The fourth-order valence-corrected chi connectivity index (χ4v) is 5.46. The number of carboxylic acid groups (broad SMARTS) is 1. The monoisotopic (exact) mass is 505 g/mol. The van der Waals surface area contributed by atoms with Gasteiger partial charge in [0.2, 0.25) is 0 Å². The summed E-state index contributed by atoms with van der Waals surface area (Å²) in [5.41, 5.74) is 3.98. The van der Waals surface area contributed by atoms with Gasteiger partial charge in [-0.2, -0.15) is 0 Å². The molecule has 0 aromatic heterocycles. The molecule has 1 aliphatic carbocycles. The third kappa shape index (κ3) is 5.17. The zero-order valence-electron chi connectivity index (χ0n) is 17.4. The topological polar surface area (TPSA) is 87.1 Å². The lowest BCUT2D eigenvalue weighted by Gasteiger charge is -2.35. The predicted molar refractivity (Wildman–Crippen MR) is 130 cm³/mol. The first-order chi connectivity index (χ1) is 15.8. The number of anilines is 1. The standard InChI is InChI=1S/C24H21Cl2NO5S/c25-16-9-12-18(21(26)13-16)15-7-10-17(11-8-15)27(33(30)31)22-5-1-4-20-19(22)3-2-6-23(20)32-14-24(28)29/h2-3,6-13,22H,1,4-5,14H2,(H,28,29)(H,30,31). The largest absolute Gasteiger partial charge is 0.482 e. The van der Waals surface area contributed by atoms with Crippen LogP contribution in [0.5, 0.6) is 5.75 Å². The number of rotatable bonds is 7. The molecule has 0 amide bonds. The van der Waals surface area contributed by atoms with Gasteiger partial charge >= 0.3 is 5.97 Å². The van der Waals surface area contributed by atoms with Crippen LogP contribution in [0.3, 0.4) is 0 Å². The molecular formula is C24H21Cl2NO5S. The molecule has 172 valence electrons. The van der Waals surface area contributed by atoms with Gasteiger partial charge in [-0.25, -0.2) is 9.00 Å². The number of aliphatic carboxylic acids is 1. The van der Waals surface area contributed by atoms with Crippen molar-refractivity contribution in [1.82, 2.24) is 0 Å². The molecular weight excluding hydrogens is 485 g/mol. The Bertz CT molecular complexity index is 1200. The molecule has 0 aliphatic heterocycles. The van der Waals surface area contributed by atoms with Gasteiger partial charge in [-0.3, -0.25) is 8.86 Å². The number of carbonyl (C=O) groups is 1. The van der Waals surface area contributed by atoms with Gasteiger partial charge in [0.25, 0.3) is 11.3 Å². The Morgan fingerprint density at radius 2 is 1.88 bits per heavy atom. The van der Waals surface area contributed by atoms with Crippen LogP contribution in [-0.2, 0) is 22.5 Å². The van der Waals surface area contributed by atoms with Gasteiger partial charge in [0, 0.05) is 15.6 Å². The maximum Gasteiger partial charge on any atom is 0.341 e. The highest BCUT2D eigenvalue weighted by Crippen LogP contribution is 2.41. The molecule has 2 unspecified atom stereocenters. The van der Waals surface area contributed by atoms with Gasteiger partial charge in [0.15, 0.2) is 6.61 Å². The van der Waals surface area contributed by atoms with E-state index in [9.17, 15) is 13.6 Å². The second-order valence-electron chi connectivity index (χ2n) is 7.64. The van der Waals surface area contributed by atoms with E-state index < -0.39 is 23.8 Å². The van der Waals surface area contributed by atoms with Crippen molar-refractivity contribution in [2.24, 2.45) is 0 Å². The lowest BCUT2D eigenvalue weighted by Crippen LogP contribution is -2.33. The maximum absolute atomic E-state index is 12.4. The number of hydrogen-bond acceptors (Lipinski definition) is 3. The Balaban J connectivity index is 1.67. The summed E-state index contributed by atoms with van der Waals surface area (Å²) in [4.78, 5) is 10.9. The summed E-state index contributed by atoms with van der Waals surface area (Å²) in [6.45, 7) is -0.439. The smallest absolute Gasteiger partial charge is 0.341 e. The lowest BCUT2D eigenvalue weighted by molar-refractivity contribution is -0.139. The molecule has 2 atom stereocenters. The Hall–Kier alpha value is -2.58. The van der Waals surface area contributed by atoms with Crippen LogP contribution in [0.4, 0.5) is 5.69 Å². The third-order valence-electron chi connectivity index (χ3n) is 5.60. The Labute approximate surface area is 204 Å². The first-order valence-corrected chi connectivity index (χ1v) is 12.1. The molecule has 3 aromatic rings. The van der Waals surface area contributed by atoms with Crippen LogP contribution in [0, 0.1) is 0 Å². The summed E-state index contributed by atoms with van der Waals surface area (Å²) in [6, 6.07) is 17.6. The SMILES string of the molecule is O=C(O)COc1cccc2c1CCCC2N(c1ccc(-c2ccc(Cl)cc2Cl)cc1)S(=O)O. The molecule has 0 saturated heterocycles. The molecule has 33 heavy (non-hydrogen) atoms. The average Bonchev–Trinajstić information content (AvgIpc) is 2.78. The molecule has 0 spiro atoms. The van der Waals surface area contributed by atoms with E-state index in [2.05, 4.69) is 0 Å². The molecule has 0 saturated carbocycles. The molecule has 6 nitrogen and oxygen atoms in total. The van der Waals surface area contributed by atoms with E-state index in [1.807, 2.05) is 24.3 Å². The maximum atomic E-state index is 12.4. The summed E-state index contributed by atoms with van der Waals surface area (Å²) in [6.07, 6.45) is 2.16. The second kappa shape index (κ2) is 10.1. The first-order valence-electron chi connectivity index (χ1n) is 10.3. The summed E-state index contributed by atoms with van der Waals surface area (Å²) < 4.78 is 29.6. The number of hydrogen-bond donors (Lipinski definition) is 2. The van der Waals surface area contributed by atoms with Crippen molar-refractivity contribution in [3.05, 3.63) is 81.8 Å². The summed E-state index contributed by atoms with van der Waals surface area (Å²) in [5, 5.41) is 10.0. The molecule has 3 aromatic carbocycles. The van der Waals surface area contributed by atoms with Crippen molar-refractivity contribution >= 4 is 46.1 Å². The van der Waals surface area contributed by atoms with Crippen molar-refractivity contribution in [2.45, 2.75) is 25.3 Å². The second-order valence-corrected chi connectivity index (χ2v) is 9.34. The van der Waals surface area contributed by atoms with Gasteiger partial charge in [-0.05, 0) is 66.3 Å². The van der Waals surface area contributed by atoms with Crippen LogP contribution in [0.15, 0.2) is 60.7 Å². The molecule has 0 bridgehead atoms. The van der Waals surface area contributed by atoms with E-state index in [0.29, 0.717) is 34.3 Å². The highest BCUT2D eigenvalue weighted by molar-refractivity contribution is 7.80. The number of carboxylic acids is 1. The van der Waals surface area contributed by atoms with Gasteiger partial charge in [-0.1, -0.05) is 53.5 Å². The van der Waals surface area contributed by atoms with E-state index >= 15 is 0 Å². The molecule has 1 aliphatic rings. The minimum Gasteiger partial charge on any atom is -0.482 e. The highest BCUT2D eigenvalue weighted by Gasteiger charge is 2.31. The predicted octanol–water partition coefficient (Wildman–Crippen LogP) is 6.14. The van der Waals surface area contributed by atoms with Crippen LogP contribution < -0.4 is 9.04 Å². The fourth-order valence-electron chi connectivity index (χ4n) is 4.20. The van der Waals surface area contributed by atoms with Crippen molar-refractivity contribution in [3.8, 4) is 16.9 Å². The Morgan fingerprint density at radius 3 is 2.55 bits per heavy atom. The van der Waals surface area contributed by atoms with Crippen molar-refractivity contribution in [3.63, 3.8) is 0 Å². The molecule has 0 heterocycles. The molecule has 9 heteroatoms. The molecule has 2 N–H and O–H groups in total. The Kier molecular flexibility index (Phi) is 7.24. The van der Waals surface area contributed by atoms with Gasteiger partial charge < -0.3 is 9.84 Å². The van der Waals surface area contributed by atoms with E-state index in [1.54, 1.807) is 36.4 Å². The number of halogens is 2. The molecule has 0 fully saturated rings. The molecule has 4 rings (SSSR count). The van der Waals surface area contributed by atoms with Crippen LogP contribution in [0.1, 0.15) is 30.0 Å².